The van der Waals surface area contributed by atoms with Crippen molar-refractivity contribution in [2.75, 3.05) is 7.11 Å². The van der Waals surface area contributed by atoms with Gasteiger partial charge in [-0.25, -0.2) is 14.5 Å². The van der Waals surface area contributed by atoms with Crippen LogP contribution in [0.15, 0.2) is 24.5 Å². The minimum absolute atomic E-state index is 0.285. The minimum Gasteiger partial charge on any atom is -0.481 e. The molecule has 9 heteroatoms. The van der Waals surface area contributed by atoms with E-state index in [2.05, 4.69) is 10.1 Å². The Hall–Kier alpha value is -2.97. The molecule has 2 aromatic rings. The highest BCUT2D eigenvalue weighted by Crippen LogP contribution is 2.20. The second-order valence-electron chi connectivity index (χ2n) is 3.43. The maximum absolute atomic E-state index is 10.9. The Bertz CT molecular complexity index is 620. The molecule has 0 aliphatic carbocycles. The van der Waals surface area contributed by atoms with Crippen LogP contribution in [0.5, 0.6) is 5.88 Å². The van der Waals surface area contributed by atoms with Gasteiger partial charge in [-0.15, -0.1) is 0 Å². The summed E-state index contributed by atoms with van der Waals surface area (Å²) in [7, 11) is 1.42. The Morgan fingerprint density at radius 2 is 2.32 bits per heavy atom. The summed E-state index contributed by atoms with van der Waals surface area (Å²) in [5.74, 6) is -1.18. The lowest BCUT2D eigenvalue weighted by molar-refractivity contribution is -0.385. The van der Waals surface area contributed by atoms with Crippen LogP contribution in [0.25, 0.3) is 5.69 Å². The third-order valence-electron chi connectivity index (χ3n) is 2.29. The smallest absolute Gasteiger partial charge is 0.363 e. The van der Waals surface area contributed by atoms with Gasteiger partial charge in [0.25, 0.3) is 0 Å². The summed E-state index contributed by atoms with van der Waals surface area (Å²) in [6, 6.07) is 2.99. The van der Waals surface area contributed by atoms with Crippen molar-refractivity contribution in [1.82, 2.24) is 14.8 Å². The maximum Gasteiger partial charge on any atom is 0.363 e. The standard InChI is InChI=1S/C10H8N4O5/c1-19-8-4-6(2-3-11-8)13-5-7(14(17)18)9(12-13)10(15)16/h2-5H,1H3,(H,15,16). The van der Waals surface area contributed by atoms with Crippen molar-refractivity contribution in [1.29, 1.82) is 0 Å². The van der Waals surface area contributed by atoms with E-state index in [-0.39, 0.29) is 5.88 Å². The summed E-state index contributed by atoms with van der Waals surface area (Å²) < 4.78 is 5.99. The van der Waals surface area contributed by atoms with Crippen molar-refractivity contribution < 1.29 is 19.6 Å². The highest BCUT2D eigenvalue weighted by molar-refractivity contribution is 5.89. The zero-order valence-corrected chi connectivity index (χ0v) is 9.68. The molecule has 19 heavy (non-hydrogen) atoms. The van der Waals surface area contributed by atoms with Gasteiger partial charge in [-0.2, -0.15) is 5.10 Å². The topological polar surface area (TPSA) is 120 Å². The summed E-state index contributed by atoms with van der Waals surface area (Å²) in [6.45, 7) is 0. The number of carbonyl (C=O) groups is 1. The van der Waals surface area contributed by atoms with Crippen molar-refractivity contribution in [3.8, 4) is 11.6 Å². The van der Waals surface area contributed by atoms with Crippen LogP contribution in [0.4, 0.5) is 5.69 Å². The highest BCUT2D eigenvalue weighted by atomic mass is 16.6. The van der Waals surface area contributed by atoms with Crippen molar-refractivity contribution in [3.63, 3.8) is 0 Å². The molecule has 0 aliphatic heterocycles. The highest BCUT2D eigenvalue weighted by Gasteiger charge is 2.25. The molecule has 2 aromatic heterocycles. The minimum atomic E-state index is -1.47. The van der Waals surface area contributed by atoms with Crippen LogP contribution in [0.1, 0.15) is 10.5 Å². The average molecular weight is 264 g/mol. The Morgan fingerprint density at radius 3 is 2.84 bits per heavy atom. The first-order valence-electron chi connectivity index (χ1n) is 5.00. The van der Waals surface area contributed by atoms with E-state index in [1.54, 1.807) is 0 Å². The predicted molar refractivity (Wildman–Crippen MR) is 61.5 cm³/mol. The van der Waals surface area contributed by atoms with Crippen LogP contribution in [-0.2, 0) is 0 Å². The van der Waals surface area contributed by atoms with E-state index in [0.29, 0.717) is 5.69 Å². The molecule has 2 heterocycles. The first-order chi connectivity index (χ1) is 9.02. The van der Waals surface area contributed by atoms with Gasteiger partial charge in [0, 0.05) is 12.3 Å². The number of carboxylic acid groups (broad SMARTS) is 1. The molecular formula is C10H8N4O5. The van der Waals surface area contributed by atoms with E-state index in [9.17, 15) is 14.9 Å². The second kappa shape index (κ2) is 4.72. The fourth-order valence-electron chi connectivity index (χ4n) is 1.44. The Kier molecular flexibility index (Phi) is 3.10. The number of nitrogens with zero attached hydrogens (tertiary/aromatic N) is 4. The number of methoxy groups -OCH3 is 1. The molecule has 0 aromatic carbocycles. The molecule has 2 rings (SSSR count). The second-order valence-corrected chi connectivity index (χ2v) is 3.43. The van der Waals surface area contributed by atoms with Gasteiger partial charge in [0.2, 0.25) is 11.6 Å². The number of aromatic nitrogens is 3. The van der Waals surface area contributed by atoms with Gasteiger partial charge in [-0.3, -0.25) is 10.1 Å². The van der Waals surface area contributed by atoms with Crippen molar-refractivity contribution in [2.45, 2.75) is 0 Å². The number of rotatable bonds is 4. The van der Waals surface area contributed by atoms with Crippen LogP contribution in [-0.4, -0.2) is 37.9 Å². The number of nitro groups is 1. The summed E-state index contributed by atoms with van der Waals surface area (Å²) in [5, 5.41) is 23.3. The lowest BCUT2D eigenvalue weighted by Gasteiger charge is -2.02. The van der Waals surface area contributed by atoms with Gasteiger partial charge in [0.05, 0.1) is 17.7 Å². The summed E-state index contributed by atoms with van der Waals surface area (Å²) in [6.07, 6.45) is 2.44. The number of carboxylic acids is 1. The van der Waals surface area contributed by atoms with Crippen LogP contribution in [0.3, 0.4) is 0 Å². The molecule has 0 bridgehead atoms. The normalized spacial score (nSPS) is 10.2. The van der Waals surface area contributed by atoms with Crippen LogP contribution in [0.2, 0.25) is 0 Å². The molecule has 0 saturated heterocycles. The Labute approximate surface area is 106 Å². The molecule has 0 fully saturated rings. The quantitative estimate of drug-likeness (QED) is 0.642. The van der Waals surface area contributed by atoms with Gasteiger partial charge in [0.1, 0.15) is 6.20 Å². The number of ether oxygens (including phenoxy) is 1. The van der Waals surface area contributed by atoms with Crippen LogP contribution >= 0.6 is 0 Å². The zero-order valence-electron chi connectivity index (χ0n) is 9.68. The van der Waals surface area contributed by atoms with Gasteiger partial charge >= 0.3 is 11.7 Å². The number of hydrogen-bond acceptors (Lipinski definition) is 6. The maximum atomic E-state index is 10.9. The number of hydrogen-bond donors (Lipinski definition) is 1. The molecule has 9 nitrogen and oxygen atoms in total. The summed E-state index contributed by atoms with van der Waals surface area (Å²) in [4.78, 5) is 24.7. The van der Waals surface area contributed by atoms with E-state index in [0.717, 1.165) is 10.9 Å². The molecule has 0 aliphatic rings. The molecule has 0 saturated carbocycles. The van der Waals surface area contributed by atoms with Crippen molar-refractivity contribution >= 4 is 11.7 Å². The average Bonchev–Trinajstić information content (AvgIpc) is 2.84. The van der Waals surface area contributed by atoms with E-state index < -0.39 is 22.3 Å². The molecule has 0 spiro atoms. The van der Waals surface area contributed by atoms with Gasteiger partial charge in [-0.1, -0.05) is 0 Å². The van der Waals surface area contributed by atoms with Crippen molar-refractivity contribution in [3.05, 3.63) is 40.3 Å². The largest absolute Gasteiger partial charge is 0.481 e. The van der Waals surface area contributed by atoms with E-state index >= 15 is 0 Å². The van der Waals surface area contributed by atoms with Gasteiger partial charge in [0.15, 0.2) is 0 Å². The lowest BCUT2D eigenvalue weighted by Crippen LogP contribution is -2.03. The zero-order chi connectivity index (χ0) is 14.0. The molecular weight excluding hydrogens is 256 g/mol. The van der Waals surface area contributed by atoms with Crippen molar-refractivity contribution in [2.24, 2.45) is 0 Å². The number of aromatic carboxylic acids is 1. The fraction of sp³-hybridized carbons (Fsp3) is 0.100. The predicted octanol–water partition coefficient (Wildman–Crippen LogP) is 0.882. The SMILES string of the molecule is COc1cc(-n2cc([N+](=O)[O-])c(C(=O)O)n2)ccn1. The van der Waals surface area contributed by atoms with Gasteiger partial charge in [-0.05, 0) is 6.07 Å². The van der Waals surface area contributed by atoms with E-state index in [1.165, 1.54) is 25.4 Å². The first kappa shape index (κ1) is 12.5. The monoisotopic (exact) mass is 264 g/mol. The summed E-state index contributed by atoms with van der Waals surface area (Å²) in [5.41, 5.74) is -0.800. The fourth-order valence-corrected chi connectivity index (χ4v) is 1.44. The molecule has 98 valence electrons. The van der Waals surface area contributed by atoms with Gasteiger partial charge < -0.3 is 9.84 Å². The number of pyridine rings is 1. The summed E-state index contributed by atoms with van der Waals surface area (Å²) >= 11 is 0. The third-order valence-corrected chi connectivity index (χ3v) is 2.29. The van der Waals surface area contributed by atoms with E-state index in [4.69, 9.17) is 9.84 Å². The van der Waals surface area contributed by atoms with E-state index in [1.807, 2.05) is 0 Å². The molecule has 0 unspecified atom stereocenters. The Morgan fingerprint density at radius 1 is 1.58 bits per heavy atom. The third kappa shape index (κ3) is 2.34. The lowest BCUT2D eigenvalue weighted by atomic mass is 10.4. The molecule has 0 atom stereocenters. The van der Waals surface area contributed by atoms with Crippen LogP contribution < -0.4 is 4.74 Å². The molecule has 0 amide bonds. The molecule has 1 N–H and O–H groups in total. The van der Waals surface area contributed by atoms with Crippen LogP contribution in [0, 0.1) is 10.1 Å². The first-order valence-corrected chi connectivity index (χ1v) is 5.00. The molecule has 0 radical (unpaired) electrons. The Balaban J connectivity index is 2.53.